The molecule has 0 saturated carbocycles. The van der Waals surface area contributed by atoms with Crippen molar-refractivity contribution in [2.75, 3.05) is 39.3 Å². The number of carbonyl (C=O) groups excluding carboxylic acids is 3. The summed E-state index contributed by atoms with van der Waals surface area (Å²) in [6, 6.07) is 5.75. The molecule has 3 amide bonds. The van der Waals surface area contributed by atoms with Gasteiger partial charge < -0.3 is 14.5 Å². The second-order valence-electron chi connectivity index (χ2n) is 7.99. The molecule has 1 spiro atoms. The average molecular weight is 386 g/mol. The number of nitrogens with zero attached hydrogens (tertiary/aromatic N) is 4. The normalized spacial score (nSPS) is 21.9. The summed E-state index contributed by atoms with van der Waals surface area (Å²) in [4.78, 5) is 46.0. The summed E-state index contributed by atoms with van der Waals surface area (Å²) in [6.45, 7) is 3.54. The van der Waals surface area contributed by atoms with Crippen molar-refractivity contribution in [1.29, 1.82) is 0 Å². The van der Waals surface area contributed by atoms with Crippen LogP contribution in [0.5, 0.6) is 0 Å². The van der Waals surface area contributed by atoms with E-state index in [1.165, 1.54) is 4.90 Å². The number of rotatable bonds is 4. The Morgan fingerprint density at radius 1 is 1.11 bits per heavy atom. The van der Waals surface area contributed by atoms with Crippen molar-refractivity contribution in [1.82, 2.24) is 19.7 Å². The maximum atomic E-state index is 12.5. The SMILES string of the molecule is O=C(CN1CCOC1=O)N1CCC2(CCC(=O)N(Cc3ccccn3)C2)CC1. The van der Waals surface area contributed by atoms with Crippen molar-refractivity contribution in [2.45, 2.75) is 32.2 Å². The lowest BCUT2D eigenvalue weighted by molar-refractivity contribution is -0.143. The van der Waals surface area contributed by atoms with Crippen molar-refractivity contribution in [3.05, 3.63) is 30.1 Å². The Bertz CT molecular complexity index is 746. The molecule has 3 saturated heterocycles. The lowest BCUT2D eigenvalue weighted by atomic mass is 9.72. The summed E-state index contributed by atoms with van der Waals surface area (Å²) in [5.74, 6) is 0.160. The van der Waals surface area contributed by atoms with E-state index in [0.717, 1.165) is 31.5 Å². The predicted molar refractivity (Wildman–Crippen MR) is 100 cm³/mol. The largest absolute Gasteiger partial charge is 0.448 e. The van der Waals surface area contributed by atoms with E-state index in [4.69, 9.17) is 4.74 Å². The van der Waals surface area contributed by atoms with Gasteiger partial charge in [-0.25, -0.2) is 4.79 Å². The summed E-state index contributed by atoms with van der Waals surface area (Å²) >= 11 is 0. The Kier molecular flexibility index (Phi) is 5.19. The van der Waals surface area contributed by atoms with Gasteiger partial charge in [0.2, 0.25) is 11.8 Å². The molecule has 3 aliphatic rings. The van der Waals surface area contributed by atoms with E-state index >= 15 is 0 Å². The molecule has 3 aliphatic heterocycles. The molecule has 1 aromatic rings. The highest BCUT2D eigenvalue weighted by atomic mass is 16.6. The highest BCUT2D eigenvalue weighted by molar-refractivity contribution is 5.83. The van der Waals surface area contributed by atoms with Gasteiger partial charge in [0.25, 0.3) is 0 Å². The van der Waals surface area contributed by atoms with E-state index in [2.05, 4.69) is 4.98 Å². The molecule has 4 heterocycles. The van der Waals surface area contributed by atoms with Crippen molar-refractivity contribution in [3.8, 4) is 0 Å². The first-order valence-corrected chi connectivity index (χ1v) is 9.92. The molecule has 8 nitrogen and oxygen atoms in total. The Hall–Kier alpha value is -2.64. The number of cyclic esters (lactones) is 1. The maximum absolute atomic E-state index is 12.5. The number of likely N-dealkylation sites (tertiary alicyclic amines) is 2. The molecule has 0 aromatic carbocycles. The van der Waals surface area contributed by atoms with Crippen LogP contribution in [0.4, 0.5) is 4.79 Å². The van der Waals surface area contributed by atoms with Crippen LogP contribution in [0, 0.1) is 5.41 Å². The van der Waals surface area contributed by atoms with Gasteiger partial charge in [-0.3, -0.25) is 19.5 Å². The maximum Gasteiger partial charge on any atom is 0.410 e. The number of hydrogen-bond donors (Lipinski definition) is 0. The summed E-state index contributed by atoms with van der Waals surface area (Å²) in [5, 5.41) is 0. The van der Waals surface area contributed by atoms with Crippen LogP contribution in [0.15, 0.2) is 24.4 Å². The molecule has 28 heavy (non-hydrogen) atoms. The second-order valence-corrected chi connectivity index (χ2v) is 7.99. The Labute approximate surface area is 164 Å². The smallest absolute Gasteiger partial charge is 0.410 e. The van der Waals surface area contributed by atoms with E-state index in [9.17, 15) is 14.4 Å². The topological polar surface area (TPSA) is 83.0 Å². The third kappa shape index (κ3) is 3.95. The van der Waals surface area contributed by atoms with Gasteiger partial charge in [0.05, 0.1) is 18.8 Å². The highest BCUT2D eigenvalue weighted by Crippen LogP contribution is 2.40. The van der Waals surface area contributed by atoms with E-state index in [0.29, 0.717) is 39.2 Å². The summed E-state index contributed by atoms with van der Waals surface area (Å²) in [5.41, 5.74) is 0.976. The molecule has 150 valence electrons. The second kappa shape index (κ2) is 7.77. The van der Waals surface area contributed by atoms with Gasteiger partial charge in [-0.2, -0.15) is 0 Å². The monoisotopic (exact) mass is 386 g/mol. The standard InChI is InChI=1S/C20H26N4O4/c25-17-4-5-20(15-24(17)13-16-3-1-2-8-21-16)6-9-22(10-7-20)18(26)14-23-11-12-28-19(23)27/h1-3,8H,4-7,9-15H2. The fourth-order valence-corrected chi connectivity index (χ4v) is 4.40. The molecule has 3 fully saturated rings. The van der Waals surface area contributed by atoms with E-state index in [-0.39, 0.29) is 23.8 Å². The zero-order valence-electron chi connectivity index (χ0n) is 16.0. The number of amides is 3. The van der Waals surface area contributed by atoms with Crippen LogP contribution in [0.2, 0.25) is 0 Å². The van der Waals surface area contributed by atoms with Gasteiger partial charge in [-0.05, 0) is 36.8 Å². The van der Waals surface area contributed by atoms with Crippen LogP contribution >= 0.6 is 0 Å². The highest BCUT2D eigenvalue weighted by Gasteiger charge is 2.42. The third-order valence-electron chi connectivity index (χ3n) is 6.18. The van der Waals surface area contributed by atoms with Gasteiger partial charge >= 0.3 is 6.09 Å². The first-order chi connectivity index (χ1) is 13.5. The molecule has 1 aromatic heterocycles. The molecule has 0 atom stereocenters. The Balaban J connectivity index is 1.33. The molecule has 0 N–H and O–H groups in total. The van der Waals surface area contributed by atoms with Crippen LogP contribution in [0.25, 0.3) is 0 Å². The van der Waals surface area contributed by atoms with Crippen molar-refractivity contribution >= 4 is 17.9 Å². The molecule has 0 unspecified atom stereocenters. The number of aromatic nitrogens is 1. The number of pyridine rings is 1. The molecule has 8 heteroatoms. The van der Waals surface area contributed by atoms with Crippen molar-refractivity contribution in [2.24, 2.45) is 5.41 Å². The zero-order valence-corrected chi connectivity index (χ0v) is 16.0. The lowest BCUT2D eigenvalue weighted by Gasteiger charge is -2.47. The molecule has 4 rings (SSSR count). The number of ether oxygens (including phenoxy) is 1. The van der Waals surface area contributed by atoms with Gasteiger partial charge in [0.1, 0.15) is 13.2 Å². The fraction of sp³-hybridized carbons (Fsp3) is 0.600. The van der Waals surface area contributed by atoms with Gasteiger partial charge in [0, 0.05) is 32.3 Å². The quantitative estimate of drug-likeness (QED) is 0.778. The first kappa shape index (κ1) is 18.7. The molecular formula is C20H26N4O4. The predicted octanol–water partition coefficient (Wildman–Crippen LogP) is 1.26. The van der Waals surface area contributed by atoms with Crippen LogP contribution in [0.1, 0.15) is 31.4 Å². The number of piperidine rings is 2. The number of hydrogen-bond acceptors (Lipinski definition) is 5. The van der Waals surface area contributed by atoms with Crippen molar-refractivity contribution in [3.63, 3.8) is 0 Å². The van der Waals surface area contributed by atoms with Gasteiger partial charge in [0.15, 0.2) is 0 Å². The lowest BCUT2D eigenvalue weighted by Crippen LogP contribution is -2.53. The average Bonchev–Trinajstić information content (AvgIpc) is 3.11. The van der Waals surface area contributed by atoms with Crippen LogP contribution < -0.4 is 0 Å². The molecule has 0 bridgehead atoms. The van der Waals surface area contributed by atoms with E-state index in [1.54, 1.807) is 6.20 Å². The molecular weight excluding hydrogens is 360 g/mol. The van der Waals surface area contributed by atoms with Crippen LogP contribution in [-0.4, -0.2) is 76.9 Å². The summed E-state index contributed by atoms with van der Waals surface area (Å²) < 4.78 is 4.89. The van der Waals surface area contributed by atoms with Gasteiger partial charge in [-0.15, -0.1) is 0 Å². The number of carbonyl (C=O) groups is 3. The minimum atomic E-state index is -0.405. The van der Waals surface area contributed by atoms with Gasteiger partial charge in [-0.1, -0.05) is 6.07 Å². The van der Waals surface area contributed by atoms with E-state index in [1.807, 2.05) is 28.0 Å². The summed E-state index contributed by atoms with van der Waals surface area (Å²) in [6.07, 6.45) is 4.55. The fourth-order valence-electron chi connectivity index (χ4n) is 4.40. The minimum absolute atomic E-state index is 0.0223. The minimum Gasteiger partial charge on any atom is -0.448 e. The molecule has 0 aliphatic carbocycles. The summed E-state index contributed by atoms with van der Waals surface area (Å²) in [7, 11) is 0. The Morgan fingerprint density at radius 3 is 2.61 bits per heavy atom. The molecule has 0 radical (unpaired) electrons. The van der Waals surface area contributed by atoms with Crippen LogP contribution in [-0.2, 0) is 20.9 Å². The third-order valence-corrected chi connectivity index (χ3v) is 6.18. The van der Waals surface area contributed by atoms with Crippen molar-refractivity contribution < 1.29 is 19.1 Å². The van der Waals surface area contributed by atoms with Crippen LogP contribution in [0.3, 0.4) is 0 Å². The first-order valence-electron chi connectivity index (χ1n) is 9.92. The van der Waals surface area contributed by atoms with E-state index < -0.39 is 6.09 Å². The zero-order chi connectivity index (χ0) is 19.6. The Morgan fingerprint density at radius 2 is 1.93 bits per heavy atom.